The quantitative estimate of drug-likeness (QED) is 0.641. The molecule has 4 nitrogen and oxygen atoms in total. The summed E-state index contributed by atoms with van der Waals surface area (Å²) in [5.41, 5.74) is 13.4. The number of nitrogens with two attached hydrogens (primary N) is 2. The number of carbonyl (C=O) groups is 1. The van der Waals surface area contributed by atoms with E-state index in [1.807, 2.05) is 6.07 Å². The van der Waals surface area contributed by atoms with Crippen LogP contribution in [0.25, 0.3) is 0 Å². The van der Waals surface area contributed by atoms with Gasteiger partial charge in [-0.2, -0.15) is 0 Å². The number of anilines is 1. The van der Waals surface area contributed by atoms with Gasteiger partial charge in [0.2, 0.25) is 5.91 Å². The molecule has 0 atom stereocenters. The fourth-order valence-corrected chi connectivity index (χ4v) is 3.84. The van der Waals surface area contributed by atoms with Crippen LogP contribution >= 0.6 is 24.0 Å². The molecule has 0 aliphatic carbocycles. The van der Waals surface area contributed by atoms with E-state index in [2.05, 4.69) is 24.0 Å². The lowest BCUT2D eigenvalue weighted by atomic mass is 9.95. The van der Waals surface area contributed by atoms with Gasteiger partial charge in [0.15, 0.2) is 0 Å². The van der Waals surface area contributed by atoms with Gasteiger partial charge < -0.3 is 16.4 Å². The molecule has 4 N–H and O–H groups in total. The van der Waals surface area contributed by atoms with E-state index >= 15 is 0 Å². The lowest BCUT2D eigenvalue weighted by Gasteiger charge is -2.34. The monoisotopic (exact) mass is 323 g/mol. The maximum Gasteiger partial charge on any atom is 0.220 e. The molecule has 1 fully saturated rings. The number of thiocarbonyl (C=S) groups is 1. The smallest absolute Gasteiger partial charge is 0.220 e. The molecule has 1 aromatic carbocycles. The van der Waals surface area contributed by atoms with Gasteiger partial charge in [-0.05, 0) is 30.7 Å². The lowest BCUT2D eigenvalue weighted by Crippen LogP contribution is -2.39. The third-order valence-electron chi connectivity index (χ3n) is 3.79. The summed E-state index contributed by atoms with van der Waals surface area (Å²) < 4.78 is 0. The Balaban J connectivity index is 2.26. The number of thioether (sulfide) groups is 1. The van der Waals surface area contributed by atoms with E-state index in [4.69, 9.17) is 23.7 Å². The van der Waals surface area contributed by atoms with Crippen molar-refractivity contribution in [3.63, 3.8) is 0 Å². The van der Waals surface area contributed by atoms with Gasteiger partial charge in [-0.3, -0.25) is 4.79 Å². The molecule has 0 aromatic heterocycles. The molecule has 114 valence electrons. The Labute approximate surface area is 135 Å². The van der Waals surface area contributed by atoms with Crippen LogP contribution in [0.15, 0.2) is 23.1 Å². The number of hydrogen-bond acceptors (Lipinski definition) is 4. The molecule has 6 heteroatoms. The van der Waals surface area contributed by atoms with Gasteiger partial charge in [0.1, 0.15) is 4.99 Å². The average Bonchev–Trinajstić information content (AvgIpc) is 2.47. The summed E-state index contributed by atoms with van der Waals surface area (Å²) in [4.78, 5) is 15.1. The minimum absolute atomic E-state index is 0.0114. The van der Waals surface area contributed by atoms with Crippen LogP contribution in [-0.4, -0.2) is 29.7 Å². The Hall–Kier alpha value is -1.27. The summed E-state index contributed by atoms with van der Waals surface area (Å²) >= 11 is 6.99. The topological polar surface area (TPSA) is 72.3 Å². The summed E-state index contributed by atoms with van der Waals surface area (Å²) in [6, 6.07) is 6.15. The van der Waals surface area contributed by atoms with E-state index in [-0.39, 0.29) is 11.8 Å². The molecule has 2 rings (SSSR count). The van der Waals surface area contributed by atoms with Crippen molar-refractivity contribution >= 4 is 40.6 Å². The first kappa shape index (κ1) is 16.1. The zero-order chi connectivity index (χ0) is 15.4. The Bertz CT molecular complexity index is 540. The van der Waals surface area contributed by atoms with E-state index < -0.39 is 0 Å². The van der Waals surface area contributed by atoms with Crippen LogP contribution in [0.3, 0.4) is 0 Å². The number of amides is 1. The molecule has 0 spiro atoms. The number of nitrogens with zero attached hydrogens (tertiary/aromatic N) is 1. The van der Waals surface area contributed by atoms with E-state index in [0.29, 0.717) is 4.99 Å². The highest BCUT2D eigenvalue weighted by Gasteiger charge is 2.25. The number of carbonyl (C=O) groups excluding carboxylic acids is 1. The minimum atomic E-state index is -0.195. The molecule has 1 amide bonds. The Morgan fingerprint density at radius 2 is 2.05 bits per heavy atom. The summed E-state index contributed by atoms with van der Waals surface area (Å²) in [7, 11) is 0. The third kappa shape index (κ3) is 3.68. The first-order valence-electron chi connectivity index (χ1n) is 7.14. The Morgan fingerprint density at radius 3 is 2.57 bits per heavy atom. The zero-order valence-corrected chi connectivity index (χ0v) is 13.8. The highest BCUT2D eigenvalue weighted by Crippen LogP contribution is 2.33. The van der Waals surface area contributed by atoms with Crippen molar-refractivity contribution in [3.05, 3.63) is 23.8 Å². The molecule has 0 radical (unpaired) electrons. The maximum absolute atomic E-state index is 11.3. The fourth-order valence-electron chi connectivity index (χ4n) is 2.71. The second-order valence-electron chi connectivity index (χ2n) is 5.11. The summed E-state index contributed by atoms with van der Waals surface area (Å²) in [5.74, 6) is 0.769. The van der Waals surface area contributed by atoms with Crippen molar-refractivity contribution in [2.45, 2.75) is 24.7 Å². The van der Waals surface area contributed by atoms with Crippen molar-refractivity contribution in [3.8, 4) is 0 Å². The van der Waals surface area contributed by atoms with Gasteiger partial charge in [0.05, 0.1) is 0 Å². The van der Waals surface area contributed by atoms with E-state index in [1.54, 1.807) is 11.8 Å². The number of primary amides is 1. The van der Waals surface area contributed by atoms with Crippen molar-refractivity contribution in [2.75, 3.05) is 23.7 Å². The summed E-state index contributed by atoms with van der Waals surface area (Å²) in [5, 5.41) is 0. The molecular weight excluding hydrogens is 302 g/mol. The van der Waals surface area contributed by atoms with Gasteiger partial charge >= 0.3 is 0 Å². The summed E-state index contributed by atoms with van der Waals surface area (Å²) in [6.07, 6.45) is 1.58. The number of rotatable bonds is 5. The second kappa shape index (κ2) is 7.13. The molecule has 0 unspecified atom stereocenters. The zero-order valence-electron chi connectivity index (χ0n) is 12.2. The van der Waals surface area contributed by atoms with Crippen LogP contribution in [0, 0.1) is 5.92 Å². The molecule has 1 aliphatic rings. The van der Waals surface area contributed by atoms with Gasteiger partial charge in [-0.25, -0.2) is 0 Å². The molecule has 0 saturated carbocycles. The average molecular weight is 323 g/mol. The maximum atomic E-state index is 11.3. The largest absolute Gasteiger partial charge is 0.389 e. The van der Waals surface area contributed by atoms with Crippen LogP contribution in [-0.2, 0) is 4.79 Å². The first-order chi connectivity index (χ1) is 10.0. The predicted molar refractivity (Wildman–Crippen MR) is 92.9 cm³/mol. The molecular formula is C15H21N3OS2. The Morgan fingerprint density at radius 1 is 1.38 bits per heavy atom. The van der Waals surface area contributed by atoms with Crippen LogP contribution in [0.4, 0.5) is 5.69 Å². The highest BCUT2D eigenvalue weighted by atomic mass is 32.2. The molecule has 1 heterocycles. The van der Waals surface area contributed by atoms with Crippen LogP contribution in [0.1, 0.15) is 25.3 Å². The van der Waals surface area contributed by atoms with Crippen molar-refractivity contribution in [2.24, 2.45) is 17.4 Å². The van der Waals surface area contributed by atoms with Gasteiger partial charge in [-0.1, -0.05) is 25.2 Å². The first-order valence-corrected chi connectivity index (χ1v) is 8.53. The molecule has 1 saturated heterocycles. The normalized spacial score (nSPS) is 16.0. The third-order valence-corrected chi connectivity index (χ3v) is 4.93. The number of piperidine rings is 1. The van der Waals surface area contributed by atoms with Crippen molar-refractivity contribution < 1.29 is 4.79 Å². The van der Waals surface area contributed by atoms with E-state index in [0.717, 1.165) is 47.8 Å². The molecule has 21 heavy (non-hydrogen) atoms. The van der Waals surface area contributed by atoms with E-state index in [1.165, 1.54) is 0 Å². The Kier molecular flexibility index (Phi) is 5.47. The number of hydrogen-bond donors (Lipinski definition) is 2. The minimum Gasteiger partial charge on any atom is -0.389 e. The highest BCUT2D eigenvalue weighted by molar-refractivity contribution is 7.99. The van der Waals surface area contributed by atoms with Gasteiger partial charge in [-0.15, -0.1) is 11.8 Å². The number of benzene rings is 1. The van der Waals surface area contributed by atoms with Crippen LogP contribution < -0.4 is 16.4 Å². The van der Waals surface area contributed by atoms with Gasteiger partial charge in [0, 0.05) is 35.2 Å². The van der Waals surface area contributed by atoms with Crippen LogP contribution in [0.5, 0.6) is 0 Å². The van der Waals surface area contributed by atoms with Crippen molar-refractivity contribution in [1.29, 1.82) is 0 Å². The standard InChI is InChI=1S/C15H21N3OS2/c1-2-21-12-5-3-4-11(13(12)15(17)20)18-8-6-10(7-9-18)14(16)19/h3-5,10H,2,6-9H2,1H3,(H2,16,19)(H2,17,20). The predicted octanol–water partition coefficient (Wildman–Crippen LogP) is 2.13. The van der Waals surface area contributed by atoms with E-state index in [9.17, 15) is 4.79 Å². The second-order valence-corrected chi connectivity index (χ2v) is 6.86. The molecule has 0 bridgehead atoms. The SMILES string of the molecule is CCSc1cccc(N2CCC(C(N)=O)CC2)c1C(N)=S. The lowest BCUT2D eigenvalue weighted by molar-refractivity contribution is -0.122. The molecule has 1 aliphatic heterocycles. The fraction of sp³-hybridized carbons (Fsp3) is 0.467. The summed E-state index contributed by atoms with van der Waals surface area (Å²) in [6.45, 7) is 3.73. The van der Waals surface area contributed by atoms with Gasteiger partial charge in [0.25, 0.3) is 0 Å². The van der Waals surface area contributed by atoms with Crippen LogP contribution in [0.2, 0.25) is 0 Å². The molecule has 1 aromatic rings. The van der Waals surface area contributed by atoms with Crippen molar-refractivity contribution in [1.82, 2.24) is 0 Å².